The number of hydrogen-bond acceptors (Lipinski definition) is 4. The third-order valence-electron chi connectivity index (χ3n) is 2.23. The number of aliphatic hydroxyl groups excluding tert-OH is 2. The first-order chi connectivity index (χ1) is 7.88. The molecule has 0 aliphatic rings. The summed E-state index contributed by atoms with van der Waals surface area (Å²) in [5.41, 5.74) is 3.69. The zero-order valence-electron chi connectivity index (χ0n) is 8.60. The Kier molecular flexibility index (Phi) is 4.11. The van der Waals surface area contributed by atoms with E-state index in [9.17, 15) is 23.8 Å². The molecule has 0 heterocycles. The molecule has 0 amide bonds. The van der Waals surface area contributed by atoms with Gasteiger partial charge in [0.1, 0.15) is 23.3 Å². The molecule has 0 saturated heterocycles. The van der Waals surface area contributed by atoms with Crippen molar-refractivity contribution in [1.29, 1.82) is 0 Å². The normalized spacial score (nSPS) is 14.4. The average molecular weight is 247 g/mol. The third-order valence-corrected chi connectivity index (χ3v) is 2.23. The lowest BCUT2D eigenvalue weighted by molar-refractivity contribution is 0.0239. The summed E-state index contributed by atoms with van der Waals surface area (Å²) >= 11 is 0. The second-order valence-electron chi connectivity index (χ2n) is 3.41. The predicted octanol–water partition coefficient (Wildman–Crippen LogP) is 0.0160. The smallest absolute Gasteiger partial charge is 0.341 e. The van der Waals surface area contributed by atoms with Crippen LogP contribution in [0.1, 0.15) is 22.0 Å². The summed E-state index contributed by atoms with van der Waals surface area (Å²) in [7, 11) is 0. The molecule has 0 fully saturated rings. The highest BCUT2D eigenvalue weighted by atomic mass is 19.1. The van der Waals surface area contributed by atoms with Gasteiger partial charge in [0.2, 0.25) is 0 Å². The lowest BCUT2D eigenvalue weighted by Crippen LogP contribution is -2.27. The van der Waals surface area contributed by atoms with Crippen LogP contribution in [0.15, 0.2) is 12.1 Å². The van der Waals surface area contributed by atoms with Gasteiger partial charge in [-0.3, -0.25) is 0 Å². The summed E-state index contributed by atoms with van der Waals surface area (Å²) in [6.45, 7) is -0.301. The van der Waals surface area contributed by atoms with E-state index in [-0.39, 0.29) is 12.1 Å². The second kappa shape index (κ2) is 5.17. The molecule has 0 aliphatic heterocycles. The van der Waals surface area contributed by atoms with Gasteiger partial charge in [0.05, 0.1) is 6.10 Å². The largest absolute Gasteiger partial charge is 0.477 e. The van der Waals surface area contributed by atoms with Crippen molar-refractivity contribution < 1.29 is 28.9 Å². The molecule has 0 bridgehead atoms. The Morgan fingerprint density at radius 3 is 2.12 bits per heavy atom. The maximum absolute atomic E-state index is 13.2. The number of benzene rings is 1. The van der Waals surface area contributed by atoms with Crippen molar-refractivity contribution >= 4 is 5.97 Å². The van der Waals surface area contributed by atoms with Gasteiger partial charge in [-0.15, -0.1) is 0 Å². The van der Waals surface area contributed by atoms with Crippen molar-refractivity contribution in [2.75, 3.05) is 6.54 Å². The molecule has 2 atom stereocenters. The fourth-order valence-electron chi connectivity index (χ4n) is 1.32. The highest BCUT2D eigenvalue weighted by Gasteiger charge is 2.23. The molecule has 0 spiro atoms. The Morgan fingerprint density at radius 2 is 1.76 bits per heavy atom. The van der Waals surface area contributed by atoms with Gasteiger partial charge in [-0.25, -0.2) is 13.6 Å². The number of carboxylic acid groups (broad SMARTS) is 1. The van der Waals surface area contributed by atoms with E-state index in [0.717, 1.165) is 0 Å². The number of carbonyl (C=O) groups is 1. The second-order valence-corrected chi connectivity index (χ2v) is 3.41. The van der Waals surface area contributed by atoms with E-state index in [2.05, 4.69) is 0 Å². The van der Waals surface area contributed by atoms with Crippen molar-refractivity contribution in [3.05, 3.63) is 34.9 Å². The standard InChI is InChI=1S/C10H11F2NO4/c11-5-1-4(9(15)7(14)3-13)2-6(12)8(5)10(16)17/h1-2,7,9,14-15H,3,13H2,(H,16,17). The van der Waals surface area contributed by atoms with E-state index >= 15 is 0 Å². The van der Waals surface area contributed by atoms with Gasteiger partial charge in [0, 0.05) is 6.54 Å². The highest BCUT2D eigenvalue weighted by Crippen LogP contribution is 2.22. The quantitative estimate of drug-likeness (QED) is 0.600. The van der Waals surface area contributed by atoms with Gasteiger partial charge < -0.3 is 21.1 Å². The first-order valence-electron chi connectivity index (χ1n) is 4.67. The summed E-state index contributed by atoms with van der Waals surface area (Å²) in [5.74, 6) is -4.40. The van der Waals surface area contributed by atoms with E-state index < -0.39 is 35.4 Å². The van der Waals surface area contributed by atoms with E-state index in [1.54, 1.807) is 0 Å². The predicted molar refractivity (Wildman–Crippen MR) is 53.3 cm³/mol. The monoisotopic (exact) mass is 247 g/mol. The first kappa shape index (κ1) is 13.5. The molecule has 5 N–H and O–H groups in total. The van der Waals surface area contributed by atoms with Crippen molar-refractivity contribution in [2.24, 2.45) is 5.73 Å². The molecule has 5 nitrogen and oxygen atoms in total. The van der Waals surface area contributed by atoms with E-state index in [1.165, 1.54) is 0 Å². The average Bonchev–Trinajstić information content (AvgIpc) is 2.25. The van der Waals surface area contributed by atoms with Crippen molar-refractivity contribution in [2.45, 2.75) is 12.2 Å². The molecular weight excluding hydrogens is 236 g/mol. The molecule has 1 aromatic carbocycles. The van der Waals surface area contributed by atoms with Crippen molar-refractivity contribution in [3.8, 4) is 0 Å². The van der Waals surface area contributed by atoms with Gasteiger partial charge in [-0.2, -0.15) is 0 Å². The summed E-state index contributed by atoms with van der Waals surface area (Å²) in [5, 5.41) is 27.2. The number of rotatable bonds is 4. The fraction of sp³-hybridized carbons (Fsp3) is 0.300. The Labute approximate surface area is 95.1 Å². The number of carboxylic acids is 1. The van der Waals surface area contributed by atoms with Crippen molar-refractivity contribution in [3.63, 3.8) is 0 Å². The molecule has 94 valence electrons. The maximum atomic E-state index is 13.2. The minimum absolute atomic E-state index is 0.275. The van der Waals surface area contributed by atoms with Crippen LogP contribution in [0.2, 0.25) is 0 Å². The summed E-state index contributed by atoms with van der Waals surface area (Å²) in [6, 6.07) is 1.30. The molecule has 1 rings (SSSR count). The van der Waals surface area contributed by atoms with Gasteiger partial charge >= 0.3 is 5.97 Å². The number of hydrogen-bond donors (Lipinski definition) is 4. The fourth-order valence-corrected chi connectivity index (χ4v) is 1.32. The molecule has 0 saturated carbocycles. The first-order valence-corrected chi connectivity index (χ1v) is 4.67. The van der Waals surface area contributed by atoms with E-state index in [1.807, 2.05) is 0 Å². The highest BCUT2D eigenvalue weighted by molar-refractivity contribution is 5.88. The summed E-state index contributed by atoms with van der Waals surface area (Å²) < 4.78 is 26.5. The number of halogens is 2. The van der Waals surface area contributed by atoms with Crippen LogP contribution >= 0.6 is 0 Å². The Balaban J connectivity index is 3.19. The van der Waals surface area contributed by atoms with Crippen LogP contribution in [0.4, 0.5) is 8.78 Å². The summed E-state index contributed by atoms with van der Waals surface area (Å²) in [6.07, 6.45) is -2.96. The zero-order chi connectivity index (χ0) is 13.2. The topological polar surface area (TPSA) is 104 Å². The molecule has 7 heteroatoms. The van der Waals surface area contributed by atoms with Crippen LogP contribution in [0.5, 0.6) is 0 Å². The Hall–Kier alpha value is -1.57. The Morgan fingerprint density at radius 1 is 1.29 bits per heavy atom. The van der Waals surface area contributed by atoms with Crippen LogP contribution in [0.3, 0.4) is 0 Å². The number of aromatic carboxylic acids is 1. The maximum Gasteiger partial charge on any atom is 0.341 e. The minimum atomic E-state index is -1.75. The minimum Gasteiger partial charge on any atom is -0.477 e. The molecule has 17 heavy (non-hydrogen) atoms. The molecule has 0 radical (unpaired) electrons. The molecule has 2 unspecified atom stereocenters. The third kappa shape index (κ3) is 2.76. The van der Waals surface area contributed by atoms with Crippen LogP contribution in [-0.2, 0) is 0 Å². The lowest BCUT2D eigenvalue weighted by Gasteiger charge is -2.16. The van der Waals surface area contributed by atoms with E-state index in [0.29, 0.717) is 12.1 Å². The SMILES string of the molecule is NCC(O)C(O)c1cc(F)c(C(=O)O)c(F)c1. The van der Waals surface area contributed by atoms with Crippen LogP contribution in [-0.4, -0.2) is 33.9 Å². The van der Waals surface area contributed by atoms with Gasteiger partial charge in [-0.05, 0) is 17.7 Å². The van der Waals surface area contributed by atoms with E-state index in [4.69, 9.17) is 10.8 Å². The molecule has 1 aromatic rings. The Bertz CT molecular complexity index is 415. The van der Waals surface area contributed by atoms with Gasteiger partial charge in [0.15, 0.2) is 0 Å². The zero-order valence-corrected chi connectivity index (χ0v) is 8.60. The molecule has 0 aliphatic carbocycles. The van der Waals surface area contributed by atoms with Crippen molar-refractivity contribution in [1.82, 2.24) is 0 Å². The number of aliphatic hydroxyl groups is 2. The van der Waals surface area contributed by atoms with Crippen LogP contribution in [0, 0.1) is 11.6 Å². The van der Waals surface area contributed by atoms with Crippen LogP contribution in [0.25, 0.3) is 0 Å². The van der Waals surface area contributed by atoms with Crippen LogP contribution < -0.4 is 5.73 Å². The summed E-state index contributed by atoms with van der Waals surface area (Å²) in [4.78, 5) is 10.5. The number of nitrogens with two attached hydrogens (primary N) is 1. The molecular formula is C10H11F2NO4. The van der Waals surface area contributed by atoms with Gasteiger partial charge in [-0.1, -0.05) is 0 Å². The lowest BCUT2D eigenvalue weighted by atomic mass is 10.0. The van der Waals surface area contributed by atoms with Gasteiger partial charge in [0.25, 0.3) is 0 Å². The molecule has 0 aromatic heterocycles.